The number of nitrogens with zero attached hydrogens (tertiary/aromatic N) is 1. The molecule has 1 spiro atoms. The molecule has 7 aromatic carbocycles. The van der Waals surface area contributed by atoms with Crippen LogP contribution in [0.25, 0.3) is 53.2 Å². The standard InChI is InChI=1S/C47H35NS/c1-2-10-37-31(8-1)9-7-13-38(37)32-17-20-34(21-18-32)48(36-23-25-42-41-12-4-6-15-45(41)49-46(42)28-36)35-22-24-40-39-11-3-5-14-43(39)47(44(40)27-35)29-30-16-19-33(47)26-30/h1-15,17-18,20-25,27-28,30,33H,16,19,26,29H2. The summed E-state index contributed by atoms with van der Waals surface area (Å²) in [5, 5.41) is 5.24. The molecule has 2 heteroatoms. The minimum absolute atomic E-state index is 0.143. The molecule has 1 heterocycles. The zero-order chi connectivity index (χ0) is 32.1. The predicted molar refractivity (Wildman–Crippen MR) is 209 cm³/mol. The van der Waals surface area contributed by atoms with Gasteiger partial charge in [0.2, 0.25) is 0 Å². The van der Waals surface area contributed by atoms with Crippen LogP contribution in [0.2, 0.25) is 0 Å². The second-order valence-electron chi connectivity index (χ2n) is 14.5. The van der Waals surface area contributed by atoms with E-state index in [2.05, 4.69) is 157 Å². The van der Waals surface area contributed by atoms with E-state index in [1.807, 2.05) is 11.3 Å². The Hall–Kier alpha value is -5.18. The largest absolute Gasteiger partial charge is 0.310 e. The molecule has 3 unspecified atom stereocenters. The van der Waals surface area contributed by atoms with Gasteiger partial charge in [0.25, 0.3) is 0 Å². The number of anilines is 3. The van der Waals surface area contributed by atoms with E-state index in [-0.39, 0.29) is 5.41 Å². The Bertz CT molecular complexity index is 2590. The molecule has 2 saturated carbocycles. The summed E-state index contributed by atoms with van der Waals surface area (Å²) >= 11 is 1.89. The van der Waals surface area contributed by atoms with Gasteiger partial charge in [0.05, 0.1) is 0 Å². The van der Waals surface area contributed by atoms with E-state index in [4.69, 9.17) is 0 Å². The van der Waals surface area contributed by atoms with Crippen LogP contribution in [0.1, 0.15) is 36.8 Å². The Morgan fingerprint density at radius 1 is 0.510 bits per heavy atom. The van der Waals surface area contributed by atoms with Crippen molar-refractivity contribution in [1.29, 1.82) is 0 Å². The molecule has 0 saturated heterocycles. The summed E-state index contributed by atoms with van der Waals surface area (Å²) in [6.45, 7) is 0. The monoisotopic (exact) mass is 645 g/mol. The molecule has 3 aliphatic carbocycles. The molecule has 0 amide bonds. The maximum absolute atomic E-state index is 2.57. The molecule has 0 N–H and O–H groups in total. The molecule has 0 aliphatic heterocycles. The van der Waals surface area contributed by atoms with E-state index in [1.54, 1.807) is 11.1 Å². The van der Waals surface area contributed by atoms with E-state index in [1.165, 1.54) is 95.9 Å². The topological polar surface area (TPSA) is 3.24 Å². The lowest BCUT2D eigenvalue weighted by Crippen LogP contribution is -2.32. The first kappa shape index (κ1) is 27.7. The van der Waals surface area contributed by atoms with Crippen molar-refractivity contribution in [1.82, 2.24) is 0 Å². The molecule has 1 aromatic heterocycles. The summed E-state index contributed by atoms with van der Waals surface area (Å²) in [6, 6.07) is 57.1. The number of hydrogen-bond acceptors (Lipinski definition) is 2. The summed E-state index contributed by atoms with van der Waals surface area (Å²) in [5.74, 6) is 1.58. The predicted octanol–water partition coefficient (Wildman–Crippen LogP) is 13.4. The first-order valence-electron chi connectivity index (χ1n) is 17.8. The third-order valence-corrected chi connectivity index (χ3v) is 13.3. The van der Waals surface area contributed by atoms with Crippen molar-refractivity contribution < 1.29 is 0 Å². The lowest BCUT2D eigenvalue weighted by molar-refractivity contribution is 0.327. The van der Waals surface area contributed by atoms with Crippen LogP contribution in [0.5, 0.6) is 0 Å². The van der Waals surface area contributed by atoms with Crippen LogP contribution in [0.3, 0.4) is 0 Å². The number of fused-ring (bicyclic) bond motifs is 12. The minimum Gasteiger partial charge on any atom is -0.310 e. The van der Waals surface area contributed by atoms with Crippen molar-refractivity contribution in [3.8, 4) is 22.3 Å². The molecule has 234 valence electrons. The highest BCUT2D eigenvalue weighted by molar-refractivity contribution is 7.25. The highest BCUT2D eigenvalue weighted by Gasteiger charge is 2.56. The van der Waals surface area contributed by atoms with Crippen molar-refractivity contribution in [3.05, 3.63) is 163 Å². The molecule has 49 heavy (non-hydrogen) atoms. The Labute approximate surface area is 291 Å². The van der Waals surface area contributed by atoms with Crippen molar-refractivity contribution >= 4 is 59.3 Å². The summed E-state index contributed by atoms with van der Waals surface area (Å²) in [5.41, 5.74) is 12.3. The van der Waals surface area contributed by atoms with Crippen LogP contribution in [0, 0.1) is 11.8 Å². The Kier molecular flexibility index (Phi) is 5.89. The van der Waals surface area contributed by atoms with Crippen LogP contribution in [0.15, 0.2) is 152 Å². The van der Waals surface area contributed by atoms with Gasteiger partial charge >= 0.3 is 0 Å². The number of hydrogen-bond donors (Lipinski definition) is 0. The van der Waals surface area contributed by atoms with Gasteiger partial charge in [-0.05, 0) is 118 Å². The molecule has 2 bridgehead atoms. The van der Waals surface area contributed by atoms with Crippen molar-refractivity contribution in [2.75, 3.05) is 4.90 Å². The van der Waals surface area contributed by atoms with E-state index >= 15 is 0 Å². The van der Waals surface area contributed by atoms with Gasteiger partial charge in [-0.3, -0.25) is 0 Å². The molecular weight excluding hydrogens is 611 g/mol. The Balaban J connectivity index is 1.09. The van der Waals surface area contributed by atoms with Crippen molar-refractivity contribution in [2.45, 2.75) is 31.1 Å². The second kappa shape index (κ2) is 10.4. The van der Waals surface area contributed by atoms with Gasteiger partial charge in [0.1, 0.15) is 0 Å². The lowest BCUT2D eigenvalue weighted by Gasteiger charge is -2.37. The fourth-order valence-corrected chi connectivity index (χ4v) is 11.2. The molecule has 11 rings (SSSR count). The lowest BCUT2D eigenvalue weighted by atomic mass is 9.67. The van der Waals surface area contributed by atoms with Crippen LogP contribution in [-0.2, 0) is 5.41 Å². The average molecular weight is 646 g/mol. The number of benzene rings is 7. The van der Waals surface area contributed by atoms with Crippen LogP contribution in [0.4, 0.5) is 17.1 Å². The number of rotatable bonds is 4. The number of thiophene rings is 1. The van der Waals surface area contributed by atoms with Crippen LogP contribution >= 0.6 is 11.3 Å². The van der Waals surface area contributed by atoms with Gasteiger partial charge in [-0.15, -0.1) is 11.3 Å². The maximum atomic E-state index is 2.57. The zero-order valence-corrected chi connectivity index (χ0v) is 28.1. The third kappa shape index (κ3) is 3.98. The van der Waals surface area contributed by atoms with Gasteiger partial charge < -0.3 is 4.90 Å². The molecule has 8 aromatic rings. The van der Waals surface area contributed by atoms with Gasteiger partial charge in [-0.1, -0.05) is 116 Å². The SMILES string of the molecule is c1ccc2c(c1)-c1ccc(N(c3ccc(-c4cccc5ccccc45)cc3)c3ccc4c(c3)sc3ccccc34)cc1C21CC2CCC1C2. The van der Waals surface area contributed by atoms with Gasteiger partial charge in [-0.2, -0.15) is 0 Å². The first-order valence-corrected chi connectivity index (χ1v) is 18.6. The second-order valence-corrected chi connectivity index (χ2v) is 15.6. The summed E-state index contributed by atoms with van der Waals surface area (Å²) in [7, 11) is 0. The summed E-state index contributed by atoms with van der Waals surface area (Å²) in [6.07, 6.45) is 5.41. The molecule has 1 nitrogen and oxygen atoms in total. The Morgan fingerprint density at radius 2 is 1.20 bits per heavy atom. The summed E-state index contributed by atoms with van der Waals surface area (Å²) < 4.78 is 2.67. The van der Waals surface area contributed by atoms with Gasteiger partial charge in [-0.25, -0.2) is 0 Å². The van der Waals surface area contributed by atoms with Crippen LogP contribution in [-0.4, -0.2) is 0 Å². The minimum atomic E-state index is 0.143. The summed E-state index contributed by atoms with van der Waals surface area (Å²) in [4.78, 5) is 2.50. The smallest absolute Gasteiger partial charge is 0.0476 e. The van der Waals surface area contributed by atoms with E-state index in [0.717, 1.165) is 11.8 Å². The van der Waals surface area contributed by atoms with Gasteiger partial charge in [0.15, 0.2) is 0 Å². The molecular formula is C47H35NS. The van der Waals surface area contributed by atoms with E-state index < -0.39 is 0 Å². The first-order chi connectivity index (χ1) is 24.2. The highest BCUT2D eigenvalue weighted by atomic mass is 32.1. The van der Waals surface area contributed by atoms with E-state index in [0.29, 0.717) is 0 Å². The van der Waals surface area contributed by atoms with E-state index in [9.17, 15) is 0 Å². The fourth-order valence-electron chi connectivity index (χ4n) is 10.1. The molecule has 3 aliphatic rings. The fraction of sp³-hybridized carbons (Fsp3) is 0.149. The van der Waals surface area contributed by atoms with Crippen molar-refractivity contribution in [3.63, 3.8) is 0 Å². The molecule has 2 fully saturated rings. The van der Waals surface area contributed by atoms with Crippen molar-refractivity contribution in [2.24, 2.45) is 11.8 Å². The molecule has 0 radical (unpaired) electrons. The third-order valence-electron chi connectivity index (χ3n) is 12.1. The highest BCUT2D eigenvalue weighted by Crippen LogP contribution is 2.66. The molecule has 3 atom stereocenters. The maximum Gasteiger partial charge on any atom is 0.0476 e. The zero-order valence-electron chi connectivity index (χ0n) is 27.3. The normalized spacial score (nSPS) is 20.4. The average Bonchev–Trinajstić information content (AvgIpc) is 3.93. The quantitative estimate of drug-likeness (QED) is 0.184. The van der Waals surface area contributed by atoms with Gasteiger partial charge in [0, 0.05) is 42.6 Å². The van der Waals surface area contributed by atoms with Crippen LogP contribution < -0.4 is 4.90 Å². The Morgan fingerprint density at radius 3 is 2.08 bits per heavy atom.